The van der Waals surface area contributed by atoms with Crippen LogP contribution in [0.2, 0.25) is 0 Å². The van der Waals surface area contributed by atoms with Crippen molar-refractivity contribution >= 4 is 17.7 Å². The Morgan fingerprint density at radius 1 is 1.16 bits per heavy atom. The molecule has 1 saturated carbocycles. The Morgan fingerprint density at radius 3 is 2.32 bits per heavy atom. The van der Waals surface area contributed by atoms with Gasteiger partial charge in [-0.1, -0.05) is 0 Å². The van der Waals surface area contributed by atoms with E-state index in [0.717, 1.165) is 6.07 Å². The Bertz CT molecular complexity index is 696. The number of carboxylic acids is 1. The van der Waals surface area contributed by atoms with Crippen molar-refractivity contribution in [1.82, 2.24) is 9.97 Å². The number of aliphatic carboxylic acids is 1. The lowest BCUT2D eigenvalue weighted by atomic mass is 10.2. The van der Waals surface area contributed by atoms with Crippen LogP contribution in [-0.4, -0.2) is 58.4 Å². The third-order valence-electron chi connectivity index (χ3n) is 5.24. The lowest BCUT2D eigenvalue weighted by molar-refractivity contribution is -0.141. The number of alkyl halides is 3. The molecule has 2 saturated heterocycles. The van der Waals surface area contributed by atoms with Gasteiger partial charge in [0.05, 0.1) is 6.10 Å². The average molecular weight is 358 g/mol. The highest BCUT2D eigenvalue weighted by Gasteiger charge is 2.56. The number of fused-ring (bicyclic) bond motifs is 1. The predicted molar refractivity (Wildman–Crippen MR) is 80.2 cm³/mol. The van der Waals surface area contributed by atoms with Crippen LogP contribution in [0.25, 0.3) is 0 Å². The molecule has 136 valence electrons. The molecule has 0 aromatic carbocycles. The van der Waals surface area contributed by atoms with Crippen molar-refractivity contribution < 1.29 is 28.2 Å². The number of piperidine rings is 1. The number of rotatable bonds is 4. The van der Waals surface area contributed by atoms with Gasteiger partial charge in [-0.25, -0.2) is 4.98 Å². The van der Waals surface area contributed by atoms with Gasteiger partial charge in [0.25, 0.3) is 0 Å². The zero-order valence-electron chi connectivity index (χ0n) is 13.1. The Kier molecular flexibility index (Phi) is 3.57. The van der Waals surface area contributed by atoms with Crippen LogP contribution in [0.15, 0.2) is 6.07 Å². The second-order valence-electron chi connectivity index (χ2n) is 6.96. The fourth-order valence-corrected chi connectivity index (χ4v) is 3.83. The number of aromatic nitrogens is 2. The van der Waals surface area contributed by atoms with Crippen LogP contribution >= 0.6 is 0 Å². The van der Waals surface area contributed by atoms with Crippen LogP contribution < -0.4 is 9.80 Å². The smallest absolute Gasteiger partial charge is 0.433 e. The summed E-state index contributed by atoms with van der Waals surface area (Å²) in [6.45, 7) is 1.46. The van der Waals surface area contributed by atoms with Gasteiger partial charge < -0.3 is 20.0 Å². The summed E-state index contributed by atoms with van der Waals surface area (Å²) in [5.41, 5.74) is -1.00. The van der Waals surface area contributed by atoms with Crippen LogP contribution in [0, 0.1) is 17.8 Å². The number of anilines is 2. The zero-order valence-corrected chi connectivity index (χ0v) is 13.1. The molecule has 4 rings (SSSR count). The Labute approximate surface area is 141 Å². The molecule has 7 nitrogen and oxygen atoms in total. The van der Waals surface area contributed by atoms with E-state index in [9.17, 15) is 23.1 Å². The lowest BCUT2D eigenvalue weighted by Gasteiger charge is -2.36. The minimum atomic E-state index is -4.58. The third kappa shape index (κ3) is 2.99. The molecule has 25 heavy (non-hydrogen) atoms. The number of halogens is 3. The number of aliphatic hydroxyl groups is 1. The molecule has 2 N–H and O–H groups in total. The standard InChI is InChI=1S/C15H17F3N4O3/c16-15(17,18)11-2-12(20-14(19-11)22-3-7(23)4-22)21-5-9-8(1-13(24)25)10(9)6-21/h2,7-10,23H,1,3-6H2,(H,24,25)/t8?,9-,10+. The van der Waals surface area contributed by atoms with Crippen molar-refractivity contribution in [2.75, 3.05) is 36.0 Å². The fraction of sp³-hybridized carbons (Fsp3) is 0.667. The summed E-state index contributed by atoms with van der Waals surface area (Å²) in [6, 6.07) is 0.941. The van der Waals surface area contributed by atoms with Crippen molar-refractivity contribution in [2.45, 2.75) is 18.7 Å². The highest BCUT2D eigenvalue weighted by molar-refractivity contribution is 5.68. The third-order valence-corrected chi connectivity index (χ3v) is 5.24. The molecule has 0 bridgehead atoms. The van der Waals surface area contributed by atoms with E-state index in [1.165, 1.54) is 4.90 Å². The Hall–Kier alpha value is -2.10. The maximum absolute atomic E-state index is 13.1. The first-order chi connectivity index (χ1) is 11.7. The monoisotopic (exact) mass is 358 g/mol. The minimum absolute atomic E-state index is 0.0298. The molecule has 10 heteroatoms. The topological polar surface area (TPSA) is 89.8 Å². The van der Waals surface area contributed by atoms with Crippen LogP contribution in [0.4, 0.5) is 24.9 Å². The number of carbonyl (C=O) groups is 1. The molecule has 0 amide bonds. The van der Waals surface area contributed by atoms with E-state index in [4.69, 9.17) is 5.11 Å². The number of carboxylic acid groups (broad SMARTS) is 1. The van der Waals surface area contributed by atoms with E-state index >= 15 is 0 Å². The maximum atomic E-state index is 13.1. The average Bonchev–Trinajstić information content (AvgIpc) is 2.94. The number of hydrogen-bond donors (Lipinski definition) is 2. The second kappa shape index (κ2) is 5.45. The highest BCUT2D eigenvalue weighted by atomic mass is 19.4. The van der Waals surface area contributed by atoms with E-state index < -0.39 is 23.9 Å². The van der Waals surface area contributed by atoms with Gasteiger partial charge in [0.15, 0.2) is 5.69 Å². The molecular formula is C15H17F3N4O3. The van der Waals surface area contributed by atoms with Gasteiger partial charge in [-0.15, -0.1) is 0 Å². The summed E-state index contributed by atoms with van der Waals surface area (Å²) < 4.78 is 39.4. The van der Waals surface area contributed by atoms with Crippen molar-refractivity contribution in [2.24, 2.45) is 17.8 Å². The molecule has 3 fully saturated rings. The predicted octanol–water partition coefficient (Wildman–Crippen LogP) is 0.833. The molecule has 1 aliphatic carbocycles. The maximum Gasteiger partial charge on any atom is 0.433 e. The quantitative estimate of drug-likeness (QED) is 0.824. The van der Waals surface area contributed by atoms with Gasteiger partial charge in [0.1, 0.15) is 5.82 Å². The first-order valence-electron chi connectivity index (χ1n) is 8.08. The van der Waals surface area contributed by atoms with E-state index in [-0.39, 0.29) is 49.0 Å². The minimum Gasteiger partial charge on any atom is -0.481 e. The Morgan fingerprint density at radius 2 is 1.80 bits per heavy atom. The molecule has 0 spiro atoms. The molecule has 3 aliphatic rings. The van der Waals surface area contributed by atoms with Crippen molar-refractivity contribution in [3.63, 3.8) is 0 Å². The number of β-amino-alcohol motifs (C(OH)–C–C–N with tert-alkyl or cyclic N) is 1. The van der Waals surface area contributed by atoms with Crippen LogP contribution in [0.5, 0.6) is 0 Å². The van der Waals surface area contributed by atoms with E-state index in [2.05, 4.69) is 9.97 Å². The first-order valence-corrected chi connectivity index (χ1v) is 8.08. The largest absolute Gasteiger partial charge is 0.481 e. The van der Waals surface area contributed by atoms with Crippen LogP contribution in [0.1, 0.15) is 12.1 Å². The molecule has 2 aliphatic heterocycles. The van der Waals surface area contributed by atoms with Crippen molar-refractivity contribution in [3.05, 3.63) is 11.8 Å². The van der Waals surface area contributed by atoms with E-state index in [0.29, 0.717) is 13.1 Å². The summed E-state index contributed by atoms with van der Waals surface area (Å²) in [5, 5.41) is 18.2. The van der Waals surface area contributed by atoms with Gasteiger partial charge in [-0.05, 0) is 17.8 Å². The summed E-state index contributed by atoms with van der Waals surface area (Å²) in [5.74, 6) is -0.143. The molecule has 3 heterocycles. The number of hydrogen-bond acceptors (Lipinski definition) is 6. The van der Waals surface area contributed by atoms with Crippen molar-refractivity contribution in [1.29, 1.82) is 0 Å². The molecule has 1 aromatic heterocycles. The van der Waals surface area contributed by atoms with Gasteiger partial charge >= 0.3 is 12.1 Å². The van der Waals surface area contributed by atoms with Crippen molar-refractivity contribution in [3.8, 4) is 0 Å². The lowest BCUT2D eigenvalue weighted by Crippen LogP contribution is -2.51. The summed E-state index contributed by atoms with van der Waals surface area (Å²) in [4.78, 5) is 21.9. The number of aliphatic hydroxyl groups excluding tert-OH is 1. The van der Waals surface area contributed by atoms with Gasteiger partial charge in [0.2, 0.25) is 5.95 Å². The molecule has 3 atom stereocenters. The first kappa shape index (κ1) is 16.4. The summed E-state index contributed by atoms with van der Waals surface area (Å²) >= 11 is 0. The zero-order chi connectivity index (χ0) is 17.9. The summed E-state index contributed by atoms with van der Waals surface area (Å²) in [7, 11) is 0. The summed E-state index contributed by atoms with van der Waals surface area (Å²) in [6.07, 6.45) is -5.04. The molecule has 1 aromatic rings. The van der Waals surface area contributed by atoms with Gasteiger partial charge in [0, 0.05) is 38.7 Å². The van der Waals surface area contributed by atoms with Gasteiger partial charge in [-0.3, -0.25) is 4.79 Å². The SMILES string of the molecule is O=C(O)CC1[C@H]2CN(c3cc(C(F)(F)F)nc(N4CC(O)C4)n3)C[C@@H]12. The molecule has 1 unspecified atom stereocenters. The van der Waals surface area contributed by atoms with Gasteiger partial charge in [-0.2, -0.15) is 18.2 Å². The van der Waals surface area contributed by atoms with Crippen LogP contribution in [0.3, 0.4) is 0 Å². The number of nitrogens with zero attached hydrogens (tertiary/aromatic N) is 4. The second-order valence-corrected chi connectivity index (χ2v) is 6.96. The normalized spacial score (nSPS) is 28.7. The molecule has 0 radical (unpaired) electrons. The highest BCUT2D eigenvalue weighted by Crippen LogP contribution is 2.54. The van der Waals surface area contributed by atoms with Crippen LogP contribution in [-0.2, 0) is 11.0 Å². The van der Waals surface area contributed by atoms with E-state index in [1.54, 1.807) is 4.90 Å². The molecular weight excluding hydrogens is 341 g/mol. The Balaban J connectivity index is 1.54. The van der Waals surface area contributed by atoms with E-state index in [1.807, 2.05) is 0 Å². The fourth-order valence-electron chi connectivity index (χ4n) is 3.83.